The van der Waals surface area contributed by atoms with E-state index < -0.39 is 0 Å². The van der Waals surface area contributed by atoms with Crippen molar-refractivity contribution in [1.82, 2.24) is 14.9 Å². The predicted molar refractivity (Wildman–Crippen MR) is 112 cm³/mol. The van der Waals surface area contributed by atoms with E-state index in [1.165, 1.54) is 17.5 Å². The first-order chi connectivity index (χ1) is 13.7. The standard InChI is InChI=1S/C23H30N4O/c1-3-21-20(16-18-8-5-4-6-9-18)22(25-17(2)24-21)26-12-14-27(15-13-26)23(28)19-10-7-11-19/h4-6,8-9,19H,3,7,10-16H2,1-2H3. The molecule has 0 spiro atoms. The lowest BCUT2D eigenvalue weighted by molar-refractivity contribution is -0.138. The van der Waals surface area contributed by atoms with Crippen molar-refractivity contribution >= 4 is 11.7 Å². The molecule has 148 valence electrons. The molecule has 2 fully saturated rings. The Labute approximate surface area is 167 Å². The van der Waals surface area contributed by atoms with Gasteiger partial charge in [0.2, 0.25) is 5.91 Å². The highest BCUT2D eigenvalue weighted by atomic mass is 16.2. The molecule has 1 aliphatic heterocycles. The molecule has 1 aliphatic carbocycles. The van der Waals surface area contributed by atoms with Crippen molar-refractivity contribution in [3.8, 4) is 0 Å². The number of carbonyl (C=O) groups is 1. The zero-order valence-electron chi connectivity index (χ0n) is 17.0. The van der Waals surface area contributed by atoms with Crippen molar-refractivity contribution in [1.29, 1.82) is 0 Å². The summed E-state index contributed by atoms with van der Waals surface area (Å²) >= 11 is 0. The maximum Gasteiger partial charge on any atom is 0.225 e. The number of aromatic nitrogens is 2. The van der Waals surface area contributed by atoms with Gasteiger partial charge in [-0.3, -0.25) is 4.79 Å². The lowest BCUT2D eigenvalue weighted by atomic mass is 9.84. The van der Waals surface area contributed by atoms with Crippen LogP contribution in [0.25, 0.3) is 0 Å². The minimum Gasteiger partial charge on any atom is -0.353 e. The molecular formula is C23H30N4O. The van der Waals surface area contributed by atoms with E-state index in [2.05, 4.69) is 47.1 Å². The molecule has 5 nitrogen and oxygen atoms in total. The third-order valence-corrected chi connectivity index (χ3v) is 6.09. The van der Waals surface area contributed by atoms with Crippen LogP contribution in [0.3, 0.4) is 0 Å². The lowest BCUT2D eigenvalue weighted by Gasteiger charge is -2.39. The molecule has 4 rings (SSSR count). The molecule has 1 amide bonds. The molecule has 1 aromatic heterocycles. The van der Waals surface area contributed by atoms with Gasteiger partial charge < -0.3 is 9.80 Å². The fraction of sp³-hybridized carbons (Fsp3) is 0.522. The summed E-state index contributed by atoms with van der Waals surface area (Å²) in [7, 11) is 0. The lowest BCUT2D eigenvalue weighted by Crippen LogP contribution is -2.51. The van der Waals surface area contributed by atoms with E-state index in [1.807, 2.05) is 6.92 Å². The van der Waals surface area contributed by atoms with Gasteiger partial charge >= 0.3 is 0 Å². The third-order valence-electron chi connectivity index (χ3n) is 6.09. The average Bonchev–Trinajstić information content (AvgIpc) is 2.68. The molecule has 0 bridgehead atoms. The van der Waals surface area contributed by atoms with Gasteiger partial charge in [-0.2, -0.15) is 0 Å². The molecule has 5 heteroatoms. The molecule has 28 heavy (non-hydrogen) atoms. The van der Waals surface area contributed by atoms with Gasteiger partial charge in [-0.15, -0.1) is 0 Å². The zero-order chi connectivity index (χ0) is 19.5. The number of anilines is 1. The van der Waals surface area contributed by atoms with Gasteiger partial charge in [0.1, 0.15) is 11.6 Å². The number of benzene rings is 1. The maximum atomic E-state index is 12.6. The molecule has 2 aliphatic rings. The molecule has 1 saturated heterocycles. The van der Waals surface area contributed by atoms with Crippen LogP contribution in [0.2, 0.25) is 0 Å². The smallest absolute Gasteiger partial charge is 0.225 e. The highest BCUT2D eigenvalue weighted by Gasteiger charge is 2.32. The first-order valence-corrected chi connectivity index (χ1v) is 10.6. The zero-order valence-corrected chi connectivity index (χ0v) is 17.0. The summed E-state index contributed by atoms with van der Waals surface area (Å²) in [6.45, 7) is 7.43. The highest BCUT2D eigenvalue weighted by Crippen LogP contribution is 2.30. The van der Waals surface area contributed by atoms with Crippen molar-refractivity contribution in [3.63, 3.8) is 0 Å². The van der Waals surface area contributed by atoms with E-state index in [0.29, 0.717) is 5.91 Å². The Balaban J connectivity index is 1.55. The quantitative estimate of drug-likeness (QED) is 0.800. The molecule has 0 radical (unpaired) electrons. The van der Waals surface area contributed by atoms with Crippen LogP contribution in [0.5, 0.6) is 0 Å². The molecule has 0 N–H and O–H groups in total. The van der Waals surface area contributed by atoms with Crippen LogP contribution in [0.15, 0.2) is 30.3 Å². The number of piperazine rings is 1. The van der Waals surface area contributed by atoms with E-state index in [-0.39, 0.29) is 5.92 Å². The van der Waals surface area contributed by atoms with Crippen molar-refractivity contribution in [2.24, 2.45) is 5.92 Å². The number of aryl methyl sites for hydroxylation is 2. The molecule has 0 atom stereocenters. The summed E-state index contributed by atoms with van der Waals surface area (Å²) in [5.41, 5.74) is 3.65. The second-order valence-corrected chi connectivity index (χ2v) is 7.98. The van der Waals surface area contributed by atoms with Crippen molar-refractivity contribution in [2.75, 3.05) is 31.1 Å². The van der Waals surface area contributed by atoms with Crippen LogP contribution in [-0.2, 0) is 17.6 Å². The van der Waals surface area contributed by atoms with E-state index in [4.69, 9.17) is 9.97 Å². The summed E-state index contributed by atoms with van der Waals surface area (Å²) in [4.78, 5) is 26.6. The Hall–Kier alpha value is -2.43. The Morgan fingerprint density at radius 1 is 1.07 bits per heavy atom. The minimum absolute atomic E-state index is 0.285. The van der Waals surface area contributed by atoms with Gasteiger partial charge in [-0.25, -0.2) is 9.97 Å². The summed E-state index contributed by atoms with van der Waals surface area (Å²) < 4.78 is 0. The van der Waals surface area contributed by atoms with Gasteiger partial charge in [-0.05, 0) is 31.7 Å². The molecule has 1 aromatic carbocycles. The number of amides is 1. The third kappa shape index (κ3) is 3.89. The Morgan fingerprint density at radius 2 is 1.79 bits per heavy atom. The first-order valence-electron chi connectivity index (χ1n) is 10.6. The fourth-order valence-corrected chi connectivity index (χ4v) is 4.22. The van der Waals surface area contributed by atoms with E-state index in [1.54, 1.807) is 0 Å². The minimum atomic E-state index is 0.285. The summed E-state index contributed by atoms with van der Waals surface area (Å²) in [6.07, 6.45) is 5.11. The predicted octanol–water partition coefficient (Wildman–Crippen LogP) is 3.39. The Kier molecular flexibility index (Phi) is 5.60. The maximum absolute atomic E-state index is 12.6. The van der Waals surface area contributed by atoms with Crippen molar-refractivity contribution in [2.45, 2.75) is 46.0 Å². The molecule has 1 saturated carbocycles. The van der Waals surface area contributed by atoms with Crippen molar-refractivity contribution < 1.29 is 4.79 Å². The topological polar surface area (TPSA) is 49.3 Å². The molecule has 0 unspecified atom stereocenters. The summed E-state index contributed by atoms with van der Waals surface area (Å²) in [6, 6.07) is 10.5. The van der Waals surface area contributed by atoms with Gasteiger partial charge in [0, 0.05) is 49.8 Å². The second kappa shape index (κ2) is 8.29. The Morgan fingerprint density at radius 3 is 2.39 bits per heavy atom. The van der Waals surface area contributed by atoms with Crippen LogP contribution in [0, 0.1) is 12.8 Å². The van der Waals surface area contributed by atoms with E-state index in [0.717, 1.165) is 69.2 Å². The summed E-state index contributed by atoms with van der Waals surface area (Å²) in [5, 5.41) is 0. The van der Waals surface area contributed by atoms with Crippen molar-refractivity contribution in [3.05, 3.63) is 53.0 Å². The highest BCUT2D eigenvalue weighted by molar-refractivity contribution is 5.80. The SMILES string of the molecule is CCc1nc(C)nc(N2CCN(C(=O)C3CCC3)CC2)c1Cc1ccccc1. The number of carbonyl (C=O) groups excluding carboxylic acids is 1. The van der Waals surface area contributed by atoms with E-state index in [9.17, 15) is 4.79 Å². The van der Waals surface area contributed by atoms with Crippen LogP contribution < -0.4 is 4.90 Å². The molecular weight excluding hydrogens is 348 g/mol. The van der Waals surface area contributed by atoms with E-state index >= 15 is 0 Å². The monoisotopic (exact) mass is 378 g/mol. The van der Waals surface area contributed by atoms with Gasteiger partial charge in [0.25, 0.3) is 0 Å². The van der Waals surface area contributed by atoms with Crippen LogP contribution in [0.1, 0.15) is 48.8 Å². The largest absolute Gasteiger partial charge is 0.353 e. The van der Waals surface area contributed by atoms with Crippen LogP contribution >= 0.6 is 0 Å². The van der Waals surface area contributed by atoms with Crippen LogP contribution in [0.4, 0.5) is 5.82 Å². The van der Waals surface area contributed by atoms with Crippen LogP contribution in [-0.4, -0.2) is 47.0 Å². The molecule has 2 aromatic rings. The van der Waals surface area contributed by atoms with Gasteiger partial charge in [0.15, 0.2) is 0 Å². The number of nitrogens with zero attached hydrogens (tertiary/aromatic N) is 4. The number of hydrogen-bond donors (Lipinski definition) is 0. The summed E-state index contributed by atoms with van der Waals surface area (Å²) in [5.74, 6) is 2.54. The normalized spacial score (nSPS) is 17.5. The number of hydrogen-bond acceptors (Lipinski definition) is 4. The molecule has 2 heterocycles. The second-order valence-electron chi connectivity index (χ2n) is 7.98. The average molecular weight is 379 g/mol. The number of rotatable bonds is 5. The first kappa shape index (κ1) is 18.9. The fourth-order valence-electron chi connectivity index (χ4n) is 4.22. The van der Waals surface area contributed by atoms with Gasteiger partial charge in [0.05, 0.1) is 0 Å². The Bertz CT molecular complexity index is 824. The van der Waals surface area contributed by atoms with Gasteiger partial charge in [-0.1, -0.05) is 43.7 Å².